The highest BCUT2D eigenvalue weighted by molar-refractivity contribution is 5.85. The number of hydrogen-bond acceptors (Lipinski definition) is 2. The highest BCUT2D eigenvalue weighted by Crippen LogP contribution is 2.26. The van der Waals surface area contributed by atoms with E-state index in [9.17, 15) is 4.79 Å². The van der Waals surface area contributed by atoms with Gasteiger partial charge < -0.3 is 10.6 Å². The summed E-state index contributed by atoms with van der Waals surface area (Å²) < 4.78 is 0. The standard InChI is InChI=1S/C15H22N2O.ClH/c1-11-6-8-12(9-7-11)10-17(2)15(18)13-4-3-5-14(13)16;/h6-9,13-14H,3-5,10,16H2,1-2H3;1H. The molecule has 1 aromatic carbocycles. The molecule has 1 aliphatic rings. The van der Waals surface area contributed by atoms with Gasteiger partial charge in [-0.25, -0.2) is 0 Å². The maximum absolute atomic E-state index is 12.3. The number of carbonyl (C=O) groups excluding carboxylic acids is 1. The fraction of sp³-hybridized carbons (Fsp3) is 0.533. The molecule has 0 bridgehead atoms. The van der Waals surface area contributed by atoms with E-state index in [1.54, 1.807) is 4.90 Å². The highest BCUT2D eigenvalue weighted by Gasteiger charge is 2.32. The van der Waals surface area contributed by atoms with Crippen LogP contribution in [-0.2, 0) is 11.3 Å². The zero-order valence-electron chi connectivity index (χ0n) is 11.6. The Labute approximate surface area is 121 Å². The van der Waals surface area contributed by atoms with Crippen molar-refractivity contribution in [3.63, 3.8) is 0 Å². The van der Waals surface area contributed by atoms with Crippen molar-refractivity contribution in [1.82, 2.24) is 4.90 Å². The van der Waals surface area contributed by atoms with Crippen molar-refractivity contribution in [3.8, 4) is 0 Å². The number of nitrogens with zero attached hydrogens (tertiary/aromatic N) is 1. The normalized spacial score (nSPS) is 21.8. The van der Waals surface area contributed by atoms with E-state index in [-0.39, 0.29) is 30.3 Å². The molecule has 2 N–H and O–H groups in total. The van der Waals surface area contributed by atoms with Crippen molar-refractivity contribution in [2.45, 2.75) is 38.8 Å². The lowest BCUT2D eigenvalue weighted by Gasteiger charge is -2.23. The molecule has 2 rings (SSSR count). The molecule has 2 unspecified atom stereocenters. The number of hydrogen-bond donors (Lipinski definition) is 1. The van der Waals surface area contributed by atoms with Gasteiger partial charge in [-0.05, 0) is 25.3 Å². The van der Waals surface area contributed by atoms with Crippen LogP contribution in [0.5, 0.6) is 0 Å². The number of amides is 1. The fourth-order valence-corrected chi connectivity index (χ4v) is 2.62. The minimum atomic E-state index is 0. The van der Waals surface area contributed by atoms with Crippen LogP contribution in [0.4, 0.5) is 0 Å². The lowest BCUT2D eigenvalue weighted by molar-refractivity contribution is -0.134. The van der Waals surface area contributed by atoms with Gasteiger partial charge in [-0.2, -0.15) is 0 Å². The first kappa shape index (κ1) is 16.0. The molecular weight excluding hydrogens is 260 g/mol. The van der Waals surface area contributed by atoms with Crippen LogP contribution in [0, 0.1) is 12.8 Å². The van der Waals surface area contributed by atoms with Gasteiger partial charge in [0.25, 0.3) is 0 Å². The van der Waals surface area contributed by atoms with Crippen LogP contribution in [0.15, 0.2) is 24.3 Å². The van der Waals surface area contributed by atoms with Gasteiger partial charge in [0.1, 0.15) is 0 Å². The van der Waals surface area contributed by atoms with Crippen LogP contribution in [0.25, 0.3) is 0 Å². The third-order valence-electron chi connectivity index (χ3n) is 3.80. The summed E-state index contributed by atoms with van der Waals surface area (Å²) >= 11 is 0. The van der Waals surface area contributed by atoms with Crippen molar-refractivity contribution in [1.29, 1.82) is 0 Å². The van der Waals surface area contributed by atoms with Gasteiger partial charge in [-0.1, -0.05) is 36.2 Å². The molecule has 0 aliphatic heterocycles. The van der Waals surface area contributed by atoms with Gasteiger partial charge in [0.2, 0.25) is 5.91 Å². The van der Waals surface area contributed by atoms with Crippen molar-refractivity contribution >= 4 is 18.3 Å². The molecule has 4 heteroatoms. The quantitative estimate of drug-likeness (QED) is 0.926. The molecule has 0 spiro atoms. The summed E-state index contributed by atoms with van der Waals surface area (Å²) in [7, 11) is 1.87. The molecular formula is C15H23ClN2O. The summed E-state index contributed by atoms with van der Waals surface area (Å²) in [6, 6.07) is 8.36. The van der Waals surface area contributed by atoms with E-state index in [0.717, 1.165) is 19.3 Å². The Morgan fingerprint density at radius 2 is 1.95 bits per heavy atom. The van der Waals surface area contributed by atoms with Gasteiger partial charge in [0, 0.05) is 19.6 Å². The number of carbonyl (C=O) groups is 1. The molecule has 1 aromatic rings. The lowest BCUT2D eigenvalue weighted by Crippen LogP contribution is -2.39. The molecule has 1 saturated carbocycles. The summed E-state index contributed by atoms with van der Waals surface area (Å²) in [6.07, 6.45) is 3.00. The number of rotatable bonds is 3. The molecule has 1 aliphatic carbocycles. The van der Waals surface area contributed by atoms with Crippen LogP contribution in [0.3, 0.4) is 0 Å². The molecule has 2 atom stereocenters. The highest BCUT2D eigenvalue weighted by atomic mass is 35.5. The first-order valence-electron chi connectivity index (χ1n) is 6.64. The van der Waals surface area contributed by atoms with E-state index < -0.39 is 0 Å². The third kappa shape index (κ3) is 3.95. The molecule has 1 amide bonds. The largest absolute Gasteiger partial charge is 0.341 e. The maximum atomic E-state index is 12.3. The zero-order chi connectivity index (χ0) is 13.1. The molecule has 1 fully saturated rings. The van der Waals surface area contributed by atoms with Crippen molar-refractivity contribution in [2.75, 3.05) is 7.05 Å². The van der Waals surface area contributed by atoms with Crippen LogP contribution < -0.4 is 5.73 Å². The predicted molar refractivity (Wildman–Crippen MR) is 80.2 cm³/mol. The second-order valence-electron chi connectivity index (χ2n) is 5.38. The van der Waals surface area contributed by atoms with Crippen LogP contribution >= 0.6 is 12.4 Å². The Hall–Kier alpha value is -1.06. The molecule has 0 aromatic heterocycles. The monoisotopic (exact) mass is 282 g/mol. The minimum absolute atomic E-state index is 0. The Kier molecular flexibility index (Phi) is 5.83. The Morgan fingerprint density at radius 1 is 1.32 bits per heavy atom. The van der Waals surface area contributed by atoms with E-state index >= 15 is 0 Å². The maximum Gasteiger partial charge on any atom is 0.227 e. The molecule has 0 heterocycles. The summed E-state index contributed by atoms with van der Waals surface area (Å²) in [5.74, 6) is 0.223. The molecule has 19 heavy (non-hydrogen) atoms. The predicted octanol–water partition coefficient (Wildman–Crippen LogP) is 2.50. The van der Waals surface area contributed by atoms with Crippen LogP contribution in [0.2, 0.25) is 0 Å². The first-order chi connectivity index (χ1) is 8.58. The number of nitrogens with two attached hydrogens (primary N) is 1. The van der Waals surface area contributed by atoms with Gasteiger partial charge in [0.15, 0.2) is 0 Å². The van der Waals surface area contributed by atoms with E-state index in [1.807, 2.05) is 7.05 Å². The van der Waals surface area contributed by atoms with Crippen molar-refractivity contribution in [2.24, 2.45) is 11.7 Å². The average Bonchev–Trinajstić information content (AvgIpc) is 2.77. The van der Waals surface area contributed by atoms with Gasteiger partial charge in [-0.15, -0.1) is 12.4 Å². The van der Waals surface area contributed by atoms with Crippen LogP contribution in [0.1, 0.15) is 30.4 Å². The molecule has 0 radical (unpaired) electrons. The second-order valence-corrected chi connectivity index (χ2v) is 5.38. The van der Waals surface area contributed by atoms with E-state index in [2.05, 4.69) is 31.2 Å². The Balaban J connectivity index is 0.00000180. The number of halogens is 1. The van der Waals surface area contributed by atoms with E-state index in [1.165, 1.54) is 11.1 Å². The van der Waals surface area contributed by atoms with Crippen molar-refractivity contribution in [3.05, 3.63) is 35.4 Å². The van der Waals surface area contributed by atoms with E-state index in [4.69, 9.17) is 5.73 Å². The summed E-state index contributed by atoms with van der Waals surface area (Å²) in [4.78, 5) is 14.1. The van der Waals surface area contributed by atoms with E-state index in [0.29, 0.717) is 6.54 Å². The van der Waals surface area contributed by atoms with Crippen LogP contribution in [-0.4, -0.2) is 23.9 Å². The van der Waals surface area contributed by atoms with Crippen molar-refractivity contribution < 1.29 is 4.79 Å². The van der Waals surface area contributed by atoms with Gasteiger partial charge in [0.05, 0.1) is 5.92 Å². The molecule has 106 valence electrons. The summed E-state index contributed by atoms with van der Waals surface area (Å²) in [6.45, 7) is 2.73. The number of aryl methyl sites for hydroxylation is 1. The molecule has 3 nitrogen and oxygen atoms in total. The fourth-order valence-electron chi connectivity index (χ4n) is 2.62. The second kappa shape index (κ2) is 6.92. The SMILES string of the molecule is Cc1ccc(CN(C)C(=O)C2CCCC2N)cc1.Cl. The lowest BCUT2D eigenvalue weighted by atomic mass is 10.0. The Bertz CT molecular complexity index is 419. The summed E-state index contributed by atoms with van der Waals surface area (Å²) in [5.41, 5.74) is 8.39. The smallest absolute Gasteiger partial charge is 0.227 e. The van der Waals surface area contributed by atoms with Gasteiger partial charge in [-0.3, -0.25) is 4.79 Å². The number of benzene rings is 1. The summed E-state index contributed by atoms with van der Waals surface area (Å²) in [5, 5.41) is 0. The first-order valence-corrected chi connectivity index (χ1v) is 6.64. The minimum Gasteiger partial charge on any atom is -0.341 e. The zero-order valence-corrected chi connectivity index (χ0v) is 12.5. The average molecular weight is 283 g/mol. The topological polar surface area (TPSA) is 46.3 Å². The van der Waals surface area contributed by atoms with Gasteiger partial charge >= 0.3 is 0 Å². The third-order valence-corrected chi connectivity index (χ3v) is 3.80. The Morgan fingerprint density at radius 3 is 2.47 bits per heavy atom. The molecule has 0 saturated heterocycles.